The van der Waals surface area contributed by atoms with Gasteiger partial charge in [0.15, 0.2) is 6.04 Å². The van der Waals surface area contributed by atoms with E-state index in [0.717, 1.165) is 28.5 Å². The van der Waals surface area contributed by atoms with Crippen LogP contribution in [0.5, 0.6) is 5.75 Å². The van der Waals surface area contributed by atoms with Crippen molar-refractivity contribution in [1.82, 2.24) is 4.98 Å². The fraction of sp³-hybridized carbons (Fsp3) is 0.292. The number of aromatic nitrogens is 1. The average molecular weight is 494 g/mol. The summed E-state index contributed by atoms with van der Waals surface area (Å²) in [5.74, 6) is -3.10. The van der Waals surface area contributed by atoms with E-state index in [-0.39, 0.29) is 18.5 Å². The number of quaternary nitrogens is 1. The van der Waals surface area contributed by atoms with Crippen molar-refractivity contribution in [3.05, 3.63) is 65.9 Å². The number of esters is 2. The summed E-state index contributed by atoms with van der Waals surface area (Å²) in [7, 11) is 0. The Kier molecular flexibility index (Phi) is 9.83. The van der Waals surface area contributed by atoms with Crippen molar-refractivity contribution in [2.24, 2.45) is 0 Å². The number of hydrogen-bond donors (Lipinski definition) is 2. The Morgan fingerprint density at radius 3 is 2.37 bits per heavy atom. The van der Waals surface area contributed by atoms with E-state index in [1.165, 1.54) is 0 Å². The minimum atomic E-state index is -5.19. The lowest BCUT2D eigenvalue weighted by Crippen LogP contribution is -2.66. The van der Waals surface area contributed by atoms with Gasteiger partial charge in [0.25, 0.3) is 0 Å². The molecule has 188 valence electrons. The van der Waals surface area contributed by atoms with Crippen LogP contribution in [0.1, 0.15) is 30.9 Å². The van der Waals surface area contributed by atoms with Crippen LogP contribution in [0.15, 0.2) is 54.7 Å². The molecule has 0 fully saturated rings. The Bertz CT molecular complexity index is 1150. The molecule has 8 nitrogen and oxygen atoms in total. The Labute approximate surface area is 198 Å². The van der Waals surface area contributed by atoms with Gasteiger partial charge in [0.2, 0.25) is 0 Å². The molecule has 1 heterocycles. The molecule has 11 heteroatoms. The molecule has 0 amide bonds. The van der Waals surface area contributed by atoms with Crippen molar-refractivity contribution in [2.75, 3.05) is 0 Å². The molecule has 0 bridgehead atoms. The molecule has 0 aliphatic heterocycles. The van der Waals surface area contributed by atoms with E-state index < -0.39 is 18.2 Å². The summed E-state index contributed by atoms with van der Waals surface area (Å²) in [5.41, 5.74) is 6.73. The van der Waals surface area contributed by atoms with E-state index in [0.29, 0.717) is 18.6 Å². The maximum Gasteiger partial charge on any atom is 0.430 e. The molecule has 0 saturated heterocycles. The van der Waals surface area contributed by atoms with Gasteiger partial charge in [-0.3, -0.25) is 4.79 Å². The number of aliphatic carboxylic acids is 1. The molecule has 0 saturated carbocycles. The summed E-state index contributed by atoms with van der Waals surface area (Å²) in [6.07, 6.45) is -1.79. The summed E-state index contributed by atoms with van der Waals surface area (Å²) in [6.45, 7) is 2.16. The van der Waals surface area contributed by atoms with Crippen molar-refractivity contribution >= 4 is 28.8 Å². The van der Waals surface area contributed by atoms with Crippen molar-refractivity contribution in [3.8, 4) is 5.75 Å². The van der Waals surface area contributed by atoms with Crippen molar-refractivity contribution in [1.29, 1.82) is 0 Å². The number of carbonyl (C=O) groups excluding carboxylic acids is 3. The van der Waals surface area contributed by atoms with Crippen LogP contribution in [0.2, 0.25) is 0 Å². The van der Waals surface area contributed by atoms with E-state index >= 15 is 0 Å². The lowest BCUT2D eigenvalue weighted by atomic mass is 10.1. The van der Waals surface area contributed by atoms with Crippen LogP contribution in [0.25, 0.3) is 10.9 Å². The van der Waals surface area contributed by atoms with Crippen LogP contribution in [0.3, 0.4) is 0 Å². The minimum Gasteiger partial charge on any atom is -0.542 e. The number of aromatic amines is 1. The summed E-state index contributed by atoms with van der Waals surface area (Å²) in [6, 6.07) is 14.4. The predicted molar refractivity (Wildman–Crippen MR) is 117 cm³/mol. The van der Waals surface area contributed by atoms with E-state index in [1.54, 1.807) is 6.07 Å². The number of nitrogens with one attached hydrogen (secondary N) is 1. The number of hydrogen-bond acceptors (Lipinski definition) is 6. The van der Waals surface area contributed by atoms with E-state index in [1.807, 2.05) is 55.6 Å². The molecule has 0 radical (unpaired) electrons. The van der Waals surface area contributed by atoms with Crippen molar-refractivity contribution in [3.63, 3.8) is 0 Å². The van der Waals surface area contributed by atoms with Gasteiger partial charge >= 0.3 is 18.1 Å². The van der Waals surface area contributed by atoms with E-state index in [9.17, 15) is 22.8 Å². The third-order valence-corrected chi connectivity index (χ3v) is 4.68. The normalized spacial score (nSPS) is 11.8. The lowest BCUT2D eigenvalue weighted by molar-refractivity contribution is -0.408. The highest BCUT2D eigenvalue weighted by atomic mass is 19.4. The summed E-state index contributed by atoms with van der Waals surface area (Å²) in [5, 5.41) is 9.69. The molecular weight excluding hydrogens is 469 g/mol. The first-order valence-corrected chi connectivity index (χ1v) is 10.6. The molecule has 4 N–H and O–H groups in total. The maximum absolute atomic E-state index is 12.3. The van der Waals surface area contributed by atoms with Crippen LogP contribution in [-0.2, 0) is 32.1 Å². The topological polar surface area (TPSA) is 136 Å². The molecule has 0 aliphatic rings. The molecule has 0 unspecified atom stereocenters. The number of H-pyrrole nitrogens is 1. The second kappa shape index (κ2) is 12.6. The highest BCUT2D eigenvalue weighted by molar-refractivity contribution is 5.86. The van der Waals surface area contributed by atoms with Crippen molar-refractivity contribution in [2.45, 2.75) is 45.0 Å². The Balaban J connectivity index is 0.000000540. The molecule has 1 aromatic heterocycles. The third kappa shape index (κ3) is 8.78. The first kappa shape index (κ1) is 27.4. The minimum absolute atomic E-state index is 0.233. The Morgan fingerprint density at radius 1 is 1.11 bits per heavy atom. The molecule has 2 aromatic carbocycles. The van der Waals surface area contributed by atoms with Gasteiger partial charge in [-0.25, -0.2) is 4.79 Å². The Morgan fingerprint density at radius 2 is 1.77 bits per heavy atom. The van der Waals surface area contributed by atoms with Crippen LogP contribution in [-0.4, -0.2) is 35.1 Å². The molecular formula is C24H25F3N2O6. The largest absolute Gasteiger partial charge is 0.542 e. The quantitative estimate of drug-likeness (QED) is 0.364. The highest BCUT2D eigenvalue weighted by Crippen LogP contribution is 2.25. The Hall–Kier alpha value is -3.86. The van der Waals surface area contributed by atoms with Gasteiger partial charge in [-0.1, -0.05) is 37.3 Å². The van der Waals surface area contributed by atoms with Crippen LogP contribution in [0.4, 0.5) is 13.2 Å². The highest BCUT2D eigenvalue weighted by Gasteiger charge is 2.28. The van der Waals surface area contributed by atoms with Gasteiger partial charge in [0, 0.05) is 29.9 Å². The maximum atomic E-state index is 12.3. The summed E-state index contributed by atoms with van der Waals surface area (Å²) >= 11 is 0. The smallest absolute Gasteiger partial charge is 0.430 e. The number of rotatable bonds is 8. The number of carbonyl (C=O) groups is 3. The van der Waals surface area contributed by atoms with Crippen LogP contribution >= 0.6 is 0 Å². The molecule has 3 aromatic rings. The van der Waals surface area contributed by atoms with Gasteiger partial charge < -0.3 is 30.1 Å². The zero-order valence-corrected chi connectivity index (χ0v) is 18.9. The van der Waals surface area contributed by atoms with Gasteiger partial charge in [0.05, 0.1) is 0 Å². The van der Waals surface area contributed by atoms with Crippen molar-refractivity contribution < 1.29 is 47.9 Å². The number of benzene rings is 2. The zero-order chi connectivity index (χ0) is 26.0. The second-order valence-corrected chi connectivity index (χ2v) is 7.52. The van der Waals surface area contributed by atoms with Crippen LogP contribution < -0.4 is 15.6 Å². The zero-order valence-electron chi connectivity index (χ0n) is 18.9. The molecule has 3 rings (SSSR count). The molecule has 0 spiro atoms. The number of halogens is 3. The first-order valence-electron chi connectivity index (χ1n) is 10.6. The van der Waals surface area contributed by atoms with Crippen LogP contribution in [0, 0.1) is 0 Å². The van der Waals surface area contributed by atoms with Gasteiger partial charge in [-0.2, -0.15) is 13.2 Å². The standard InChI is InChI=1S/C22H24N2O4.C2HF3O2/c1-2-6-21(25)28-17-9-10-20-18(12-17)16(13-24-20)11-19(23)22(26)27-14-15-7-4-3-5-8-15;3-2(4,5)1(6)7/h3-5,7-10,12-13,19,24H,2,6,11,14,23H2,1H3;(H,6,7)/t19-;/m0./s1. The van der Waals surface area contributed by atoms with Gasteiger partial charge in [-0.15, -0.1) is 0 Å². The first-order chi connectivity index (χ1) is 16.5. The number of alkyl halides is 3. The van der Waals surface area contributed by atoms with E-state index in [4.69, 9.17) is 19.4 Å². The number of ether oxygens (including phenoxy) is 2. The molecule has 1 atom stereocenters. The van der Waals surface area contributed by atoms with Gasteiger partial charge in [0.1, 0.15) is 18.3 Å². The summed E-state index contributed by atoms with van der Waals surface area (Å²) in [4.78, 5) is 36.0. The monoisotopic (exact) mass is 494 g/mol. The lowest BCUT2D eigenvalue weighted by Gasteiger charge is -2.09. The fourth-order valence-corrected chi connectivity index (χ4v) is 2.97. The average Bonchev–Trinajstić information content (AvgIpc) is 3.20. The molecule has 35 heavy (non-hydrogen) atoms. The number of carboxylic acids is 1. The second-order valence-electron chi connectivity index (χ2n) is 7.52. The molecule has 0 aliphatic carbocycles. The third-order valence-electron chi connectivity index (χ3n) is 4.68. The number of fused-ring (bicyclic) bond motifs is 1. The number of carboxylic acid groups (broad SMARTS) is 1. The fourth-order valence-electron chi connectivity index (χ4n) is 2.97. The van der Waals surface area contributed by atoms with Gasteiger partial charge in [-0.05, 0) is 35.7 Å². The SMILES string of the molecule is CCCC(=O)Oc1ccc2[nH]cc(C[C@H]([NH3+])C(=O)OCc3ccccc3)c2c1.O=C([O-])C(F)(F)F. The summed E-state index contributed by atoms with van der Waals surface area (Å²) < 4.78 is 42.3. The van der Waals surface area contributed by atoms with E-state index in [2.05, 4.69) is 10.7 Å². The predicted octanol–water partition coefficient (Wildman–Crippen LogP) is 2.07.